The molecule has 4 nitrogen and oxygen atoms in total. The van der Waals surface area contributed by atoms with Crippen LogP contribution >= 0.6 is 0 Å². The normalized spacial score (nSPS) is 22.9. The second-order valence-corrected chi connectivity index (χ2v) is 6.01. The number of likely N-dealkylation sites (tertiary alicyclic amines) is 1. The fourth-order valence-corrected chi connectivity index (χ4v) is 2.15. The van der Waals surface area contributed by atoms with Gasteiger partial charge in [0.15, 0.2) is 0 Å². The van der Waals surface area contributed by atoms with E-state index < -0.39 is 5.60 Å². The van der Waals surface area contributed by atoms with Gasteiger partial charge in [-0.1, -0.05) is 6.42 Å². The van der Waals surface area contributed by atoms with Gasteiger partial charge in [-0.3, -0.25) is 0 Å². The lowest BCUT2D eigenvalue weighted by Gasteiger charge is -2.23. The van der Waals surface area contributed by atoms with Gasteiger partial charge in [-0.2, -0.15) is 0 Å². The first-order valence-corrected chi connectivity index (χ1v) is 6.52. The molecule has 0 aliphatic carbocycles. The Morgan fingerprint density at radius 2 is 2.12 bits per heavy atom. The molecule has 0 aromatic carbocycles. The Morgan fingerprint density at radius 3 is 2.76 bits per heavy atom. The minimum absolute atomic E-state index is 0.301. The van der Waals surface area contributed by atoms with Gasteiger partial charge >= 0.3 is 6.09 Å². The fraction of sp³-hybridized carbons (Fsp3) is 0.923. The molecule has 1 unspecified atom stereocenters. The number of carbonyl (C=O) groups excluding carboxylic acids is 1. The summed E-state index contributed by atoms with van der Waals surface area (Å²) >= 11 is 0. The van der Waals surface area contributed by atoms with Crippen LogP contribution in [-0.2, 0) is 4.74 Å². The Kier molecular flexibility index (Phi) is 5.25. The molecule has 0 saturated carbocycles. The molecule has 1 saturated heterocycles. The molecule has 1 aliphatic rings. The zero-order valence-electron chi connectivity index (χ0n) is 11.6. The van der Waals surface area contributed by atoms with Gasteiger partial charge in [-0.05, 0) is 53.1 Å². The number of amides is 1. The monoisotopic (exact) mass is 242 g/mol. The van der Waals surface area contributed by atoms with Crippen LogP contribution in [0.25, 0.3) is 0 Å². The van der Waals surface area contributed by atoms with E-state index in [1.165, 1.54) is 25.8 Å². The Labute approximate surface area is 105 Å². The van der Waals surface area contributed by atoms with Crippen molar-refractivity contribution in [2.45, 2.75) is 45.6 Å². The molecule has 1 rings (SSSR count). The Bertz CT molecular complexity index is 248. The van der Waals surface area contributed by atoms with Crippen LogP contribution in [0.3, 0.4) is 0 Å². The average Bonchev–Trinajstić information content (AvgIpc) is 2.37. The molecule has 1 N–H and O–H groups in total. The first-order valence-electron chi connectivity index (χ1n) is 6.52. The van der Waals surface area contributed by atoms with Crippen molar-refractivity contribution in [3.63, 3.8) is 0 Å². The summed E-state index contributed by atoms with van der Waals surface area (Å²) in [6, 6.07) is 0. The van der Waals surface area contributed by atoms with Crippen molar-refractivity contribution in [3.8, 4) is 0 Å². The van der Waals surface area contributed by atoms with E-state index in [-0.39, 0.29) is 6.09 Å². The number of hydrogen-bond donors (Lipinski definition) is 1. The minimum atomic E-state index is -0.412. The van der Waals surface area contributed by atoms with Crippen molar-refractivity contribution >= 4 is 6.09 Å². The predicted molar refractivity (Wildman–Crippen MR) is 69.1 cm³/mol. The van der Waals surface area contributed by atoms with E-state index in [0.29, 0.717) is 5.92 Å². The quantitative estimate of drug-likeness (QED) is 0.807. The average molecular weight is 242 g/mol. The number of hydrogen-bond acceptors (Lipinski definition) is 3. The van der Waals surface area contributed by atoms with E-state index in [2.05, 4.69) is 17.3 Å². The van der Waals surface area contributed by atoms with Gasteiger partial charge in [0, 0.05) is 13.1 Å². The zero-order chi connectivity index (χ0) is 12.9. The third kappa shape index (κ3) is 6.51. The molecule has 1 aliphatic heterocycles. The molecule has 0 radical (unpaired) electrons. The second-order valence-electron chi connectivity index (χ2n) is 6.01. The summed E-state index contributed by atoms with van der Waals surface area (Å²) < 4.78 is 5.22. The number of nitrogens with zero attached hydrogens (tertiary/aromatic N) is 1. The standard InChI is InChI=1S/C13H26N2O2/c1-13(2,3)17-12(16)14-9-11-7-5-6-8-15(4)10-11/h11H,5-10H2,1-4H3,(H,14,16). The van der Waals surface area contributed by atoms with Crippen molar-refractivity contribution in [1.29, 1.82) is 0 Å². The summed E-state index contributed by atoms with van der Waals surface area (Å²) in [5.41, 5.74) is -0.412. The molecular weight excluding hydrogens is 216 g/mol. The molecule has 0 spiro atoms. The lowest BCUT2D eigenvalue weighted by molar-refractivity contribution is 0.0516. The van der Waals surface area contributed by atoms with E-state index in [1.807, 2.05) is 20.8 Å². The van der Waals surface area contributed by atoms with Gasteiger partial charge in [-0.15, -0.1) is 0 Å². The van der Waals surface area contributed by atoms with E-state index >= 15 is 0 Å². The molecule has 17 heavy (non-hydrogen) atoms. The first-order chi connectivity index (χ1) is 7.87. The summed E-state index contributed by atoms with van der Waals surface area (Å²) in [7, 11) is 2.14. The highest BCUT2D eigenvalue weighted by molar-refractivity contribution is 5.67. The smallest absolute Gasteiger partial charge is 0.407 e. The molecule has 1 atom stereocenters. The van der Waals surface area contributed by atoms with Gasteiger partial charge < -0.3 is 15.0 Å². The number of alkyl carbamates (subject to hydrolysis) is 1. The SMILES string of the molecule is CN1CCCCC(CNC(=O)OC(C)(C)C)C1. The van der Waals surface area contributed by atoms with Crippen LogP contribution in [0.15, 0.2) is 0 Å². The maximum Gasteiger partial charge on any atom is 0.407 e. The van der Waals surface area contributed by atoms with Gasteiger partial charge in [0.25, 0.3) is 0 Å². The van der Waals surface area contributed by atoms with Crippen molar-refractivity contribution in [2.24, 2.45) is 5.92 Å². The van der Waals surface area contributed by atoms with Crippen molar-refractivity contribution in [2.75, 3.05) is 26.7 Å². The van der Waals surface area contributed by atoms with Crippen LogP contribution in [0.4, 0.5) is 4.79 Å². The number of ether oxygens (including phenoxy) is 1. The van der Waals surface area contributed by atoms with Crippen LogP contribution < -0.4 is 5.32 Å². The first kappa shape index (κ1) is 14.3. The highest BCUT2D eigenvalue weighted by atomic mass is 16.6. The number of carbonyl (C=O) groups is 1. The summed E-state index contributed by atoms with van der Waals surface area (Å²) in [6.07, 6.45) is 3.41. The third-order valence-electron chi connectivity index (χ3n) is 2.91. The zero-order valence-corrected chi connectivity index (χ0v) is 11.6. The molecule has 0 aromatic heterocycles. The highest BCUT2D eigenvalue weighted by Gasteiger charge is 2.19. The van der Waals surface area contributed by atoms with E-state index in [4.69, 9.17) is 4.74 Å². The van der Waals surface area contributed by atoms with E-state index in [1.54, 1.807) is 0 Å². The second kappa shape index (κ2) is 6.24. The van der Waals surface area contributed by atoms with Crippen molar-refractivity contribution < 1.29 is 9.53 Å². The molecular formula is C13H26N2O2. The van der Waals surface area contributed by atoms with Crippen LogP contribution in [0.5, 0.6) is 0 Å². The Hall–Kier alpha value is -0.770. The molecule has 100 valence electrons. The minimum Gasteiger partial charge on any atom is -0.444 e. The van der Waals surface area contributed by atoms with Crippen LogP contribution in [-0.4, -0.2) is 43.3 Å². The maximum absolute atomic E-state index is 11.5. The maximum atomic E-state index is 11.5. The van der Waals surface area contributed by atoms with Gasteiger partial charge in [0.05, 0.1) is 0 Å². The van der Waals surface area contributed by atoms with Gasteiger partial charge in [0.1, 0.15) is 5.60 Å². The van der Waals surface area contributed by atoms with Crippen LogP contribution in [0.2, 0.25) is 0 Å². The molecule has 1 amide bonds. The summed E-state index contributed by atoms with van der Waals surface area (Å²) in [5, 5.41) is 2.87. The third-order valence-corrected chi connectivity index (χ3v) is 2.91. The molecule has 0 bridgehead atoms. The summed E-state index contributed by atoms with van der Waals surface area (Å²) in [6.45, 7) is 8.60. The largest absolute Gasteiger partial charge is 0.444 e. The summed E-state index contributed by atoms with van der Waals surface area (Å²) in [5.74, 6) is 0.551. The van der Waals surface area contributed by atoms with Crippen LogP contribution in [0, 0.1) is 5.92 Å². The Morgan fingerprint density at radius 1 is 1.41 bits per heavy atom. The number of nitrogens with one attached hydrogen (secondary N) is 1. The molecule has 1 fully saturated rings. The highest BCUT2D eigenvalue weighted by Crippen LogP contribution is 2.14. The van der Waals surface area contributed by atoms with Crippen molar-refractivity contribution in [1.82, 2.24) is 10.2 Å². The molecule has 1 heterocycles. The number of rotatable bonds is 2. The lowest BCUT2D eigenvalue weighted by atomic mass is 10.0. The summed E-state index contributed by atoms with van der Waals surface area (Å²) in [4.78, 5) is 13.9. The van der Waals surface area contributed by atoms with Gasteiger partial charge in [0.2, 0.25) is 0 Å². The fourth-order valence-electron chi connectivity index (χ4n) is 2.15. The van der Waals surface area contributed by atoms with Gasteiger partial charge in [-0.25, -0.2) is 4.79 Å². The molecule has 0 aromatic rings. The lowest BCUT2D eigenvalue weighted by Crippen LogP contribution is -2.37. The topological polar surface area (TPSA) is 41.6 Å². The molecule has 4 heteroatoms. The van der Waals surface area contributed by atoms with E-state index in [9.17, 15) is 4.79 Å². The van der Waals surface area contributed by atoms with E-state index in [0.717, 1.165) is 13.1 Å². The van der Waals surface area contributed by atoms with Crippen molar-refractivity contribution in [3.05, 3.63) is 0 Å². The predicted octanol–water partition coefficient (Wildman–Crippen LogP) is 2.24. The van der Waals surface area contributed by atoms with Crippen LogP contribution in [0.1, 0.15) is 40.0 Å². The Balaban J connectivity index is 2.27.